The van der Waals surface area contributed by atoms with E-state index in [1.165, 1.54) is 44.2 Å². The number of nitrogens with one attached hydrogen (secondary N) is 1. The zero-order chi connectivity index (χ0) is 11.5. The van der Waals surface area contributed by atoms with Crippen molar-refractivity contribution in [2.45, 2.75) is 44.6 Å². The van der Waals surface area contributed by atoms with Crippen LogP contribution in [0.3, 0.4) is 0 Å². The molecule has 0 saturated heterocycles. The molecular weight excluding hydrogens is 277 g/mol. The van der Waals surface area contributed by atoms with Crippen molar-refractivity contribution in [3.63, 3.8) is 0 Å². The molecule has 3 nitrogen and oxygen atoms in total. The van der Waals surface area contributed by atoms with Gasteiger partial charge in [0.1, 0.15) is 0 Å². The Kier molecular flexibility index (Phi) is 3.44. The zero-order valence-corrected chi connectivity index (χ0v) is 11.6. The van der Waals surface area contributed by atoms with Crippen LogP contribution in [-0.4, -0.2) is 29.0 Å². The van der Waals surface area contributed by atoms with Gasteiger partial charge < -0.3 is 0 Å². The topological polar surface area (TPSA) is 37.8 Å². The van der Waals surface area contributed by atoms with Crippen LogP contribution >= 0.6 is 0 Å². The summed E-state index contributed by atoms with van der Waals surface area (Å²) in [6.07, 6.45) is 8.11. The van der Waals surface area contributed by atoms with Crippen molar-refractivity contribution < 1.29 is 0 Å². The van der Waals surface area contributed by atoms with Gasteiger partial charge in [0.05, 0.1) is 0 Å². The van der Waals surface area contributed by atoms with Gasteiger partial charge in [0.25, 0.3) is 0 Å². The number of nitrogens with zero attached hydrogens (tertiary/aromatic N) is 2. The van der Waals surface area contributed by atoms with Crippen LogP contribution in [0.5, 0.6) is 0 Å². The van der Waals surface area contributed by atoms with Crippen LogP contribution in [0.4, 0.5) is 5.69 Å². The van der Waals surface area contributed by atoms with Crippen LogP contribution in [0.2, 0.25) is 0 Å². The van der Waals surface area contributed by atoms with Crippen molar-refractivity contribution in [2.24, 2.45) is 0 Å². The number of anilines is 1. The van der Waals surface area contributed by atoms with Gasteiger partial charge in [-0.05, 0) is 0 Å². The Hall–Kier alpha value is -0.861. The van der Waals surface area contributed by atoms with Gasteiger partial charge in [0, 0.05) is 0 Å². The molecule has 2 aromatic rings. The van der Waals surface area contributed by atoms with E-state index in [1.54, 1.807) is 0 Å². The molecule has 90 valence electrons. The maximum absolute atomic E-state index is 4.52. The fraction of sp³-hybridized carbons (Fsp3) is 0.538. The van der Waals surface area contributed by atoms with Gasteiger partial charge >= 0.3 is 108 Å². The molecule has 0 spiro atoms. The summed E-state index contributed by atoms with van der Waals surface area (Å²) in [5, 5.41) is 3.68. The summed E-state index contributed by atoms with van der Waals surface area (Å²) in [4.78, 5) is 0. The van der Waals surface area contributed by atoms with E-state index >= 15 is 0 Å². The number of fused-ring (bicyclic) bond motifs is 1. The number of rotatable bonds is 2. The van der Waals surface area contributed by atoms with E-state index in [0.717, 1.165) is 11.0 Å². The molecule has 3 rings (SSSR count). The minimum absolute atomic E-state index is 0.0730. The summed E-state index contributed by atoms with van der Waals surface area (Å²) in [5.41, 5.74) is 3.36. The molecule has 0 bridgehead atoms. The molecule has 17 heavy (non-hydrogen) atoms. The molecule has 1 aromatic heterocycles. The molecule has 1 aliphatic carbocycles. The van der Waals surface area contributed by atoms with E-state index in [4.69, 9.17) is 0 Å². The number of benzene rings is 1. The first kappa shape index (κ1) is 11.2. The molecule has 1 aromatic carbocycles. The summed E-state index contributed by atoms with van der Waals surface area (Å²) in [6.45, 7) is 0. The van der Waals surface area contributed by atoms with Gasteiger partial charge in [-0.3, -0.25) is 0 Å². The van der Waals surface area contributed by atoms with Gasteiger partial charge in [-0.25, -0.2) is 0 Å². The predicted molar refractivity (Wildman–Crippen MR) is 71.6 cm³/mol. The van der Waals surface area contributed by atoms with Gasteiger partial charge in [-0.15, -0.1) is 0 Å². The molecule has 0 aliphatic heterocycles. The molecule has 4 heteroatoms. The van der Waals surface area contributed by atoms with Crippen molar-refractivity contribution in [2.75, 3.05) is 5.32 Å². The first-order chi connectivity index (χ1) is 8.43. The maximum atomic E-state index is 4.52. The summed E-state index contributed by atoms with van der Waals surface area (Å²) in [7, 11) is 0. The van der Waals surface area contributed by atoms with Crippen molar-refractivity contribution in [1.82, 2.24) is 7.96 Å². The Labute approximate surface area is 108 Å². The third-order valence-corrected chi connectivity index (χ3v) is 4.64. The van der Waals surface area contributed by atoms with Crippen LogP contribution in [0.1, 0.15) is 38.5 Å². The van der Waals surface area contributed by atoms with Crippen LogP contribution in [-0.2, 0) is 0 Å². The quantitative estimate of drug-likeness (QED) is 0.683. The zero-order valence-electron chi connectivity index (χ0n) is 9.85. The normalized spacial score (nSPS) is 18.1. The van der Waals surface area contributed by atoms with Crippen molar-refractivity contribution in [3.05, 3.63) is 18.2 Å². The Morgan fingerprint density at radius 1 is 1.06 bits per heavy atom. The van der Waals surface area contributed by atoms with Crippen molar-refractivity contribution >= 4 is 31.7 Å². The molecule has 1 N–H and O–H groups in total. The predicted octanol–water partition coefficient (Wildman–Crippen LogP) is 2.82. The molecule has 0 amide bonds. The summed E-state index contributed by atoms with van der Waals surface area (Å²) in [6, 6.07) is 6.92. The second kappa shape index (κ2) is 5.19. The third kappa shape index (κ3) is 2.53. The Bertz CT molecular complexity index is 486. The SMILES string of the molecule is c1cc(NC2CCCCCC2)c2n[se]nc2c1. The monoisotopic (exact) mass is 295 g/mol. The molecule has 1 fully saturated rings. The van der Waals surface area contributed by atoms with E-state index in [-0.39, 0.29) is 15.0 Å². The fourth-order valence-corrected chi connectivity index (χ4v) is 3.72. The Morgan fingerprint density at radius 2 is 1.88 bits per heavy atom. The molecule has 1 saturated carbocycles. The number of hydrogen-bond acceptors (Lipinski definition) is 3. The molecule has 1 heterocycles. The van der Waals surface area contributed by atoms with Crippen molar-refractivity contribution in [1.29, 1.82) is 0 Å². The Morgan fingerprint density at radius 3 is 2.71 bits per heavy atom. The van der Waals surface area contributed by atoms with Crippen LogP contribution in [0, 0.1) is 0 Å². The molecule has 0 radical (unpaired) electrons. The van der Waals surface area contributed by atoms with Gasteiger partial charge in [0.15, 0.2) is 0 Å². The first-order valence-corrected chi connectivity index (χ1v) is 7.94. The number of hydrogen-bond donors (Lipinski definition) is 1. The average molecular weight is 294 g/mol. The van der Waals surface area contributed by atoms with Crippen LogP contribution in [0.25, 0.3) is 11.0 Å². The average Bonchev–Trinajstić information content (AvgIpc) is 2.69. The van der Waals surface area contributed by atoms with E-state index in [1.807, 2.05) is 0 Å². The van der Waals surface area contributed by atoms with Gasteiger partial charge in [-0.1, -0.05) is 0 Å². The van der Waals surface area contributed by atoms with E-state index in [0.29, 0.717) is 6.04 Å². The molecular formula is C13H17N3Se. The second-order valence-corrected chi connectivity index (χ2v) is 5.88. The molecule has 0 atom stereocenters. The summed E-state index contributed by atoms with van der Waals surface area (Å²) in [5.74, 6) is 0. The molecule has 1 aliphatic rings. The van der Waals surface area contributed by atoms with E-state index in [9.17, 15) is 0 Å². The van der Waals surface area contributed by atoms with Crippen molar-refractivity contribution in [3.8, 4) is 0 Å². The fourth-order valence-electron chi connectivity index (χ4n) is 2.57. The third-order valence-electron chi connectivity index (χ3n) is 3.50. The van der Waals surface area contributed by atoms with E-state index < -0.39 is 0 Å². The number of aromatic nitrogens is 2. The van der Waals surface area contributed by atoms with Gasteiger partial charge in [-0.2, -0.15) is 0 Å². The first-order valence-electron chi connectivity index (χ1n) is 6.41. The van der Waals surface area contributed by atoms with Crippen LogP contribution < -0.4 is 5.32 Å². The second-order valence-electron chi connectivity index (χ2n) is 4.77. The minimum atomic E-state index is 0.0730. The van der Waals surface area contributed by atoms with Crippen LogP contribution in [0.15, 0.2) is 18.2 Å². The standard InChI is InChI=1S/C13H17N3Se/c1-2-4-7-10(6-3-1)14-11-8-5-9-12-13(11)16-17-15-12/h5,8-10,14H,1-4,6-7H2. The molecule has 0 unspecified atom stereocenters. The summed E-state index contributed by atoms with van der Waals surface area (Å²) < 4.78 is 8.95. The van der Waals surface area contributed by atoms with Gasteiger partial charge in [0.2, 0.25) is 0 Å². The Balaban J connectivity index is 1.81. The van der Waals surface area contributed by atoms with E-state index in [2.05, 4.69) is 31.5 Å². The summed E-state index contributed by atoms with van der Waals surface area (Å²) >= 11 is 0.0730.